The van der Waals surface area contributed by atoms with Crippen molar-refractivity contribution >= 4 is 23.7 Å². The van der Waals surface area contributed by atoms with Crippen molar-refractivity contribution in [1.29, 1.82) is 0 Å². The number of carbonyl (C=O) groups excluding carboxylic acids is 4. The fraction of sp³-hybridized carbons (Fsp3) is 0.615. The normalized spacial score (nSPS) is 21.1. The number of esters is 3. The molecule has 8 nitrogen and oxygen atoms in total. The SMILES string of the molecule is COC(=O)C1=C(COC(=O)C(C)(C)C)C[C@@H](O)[C@@](C/C=C(\C)CCC=C(C)C)(C(=O)OC)C1=O. The van der Waals surface area contributed by atoms with Crippen LogP contribution < -0.4 is 0 Å². The number of aliphatic hydroxyl groups is 1. The molecule has 0 saturated heterocycles. The Morgan fingerprint density at radius 1 is 1.09 bits per heavy atom. The number of ether oxygens (including phenoxy) is 3. The lowest BCUT2D eigenvalue weighted by Gasteiger charge is -2.38. The fourth-order valence-corrected chi connectivity index (χ4v) is 3.63. The third kappa shape index (κ3) is 6.88. The van der Waals surface area contributed by atoms with Crippen LogP contribution in [-0.2, 0) is 33.4 Å². The summed E-state index contributed by atoms with van der Waals surface area (Å²) < 4.78 is 15.0. The van der Waals surface area contributed by atoms with Crippen LogP contribution in [0.25, 0.3) is 0 Å². The number of ketones is 1. The maximum atomic E-state index is 13.6. The van der Waals surface area contributed by atoms with Gasteiger partial charge in [-0.2, -0.15) is 0 Å². The van der Waals surface area contributed by atoms with Gasteiger partial charge in [0.05, 0.1) is 25.7 Å². The quantitative estimate of drug-likeness (QED) is 0.176. The van der Waals surface area contributed by atoms with Gasteiger partial charge in [0, 0.05) is 6.42 Å². The van der Waals surface area contributed by atoms with Gasteiger partial charge in [-0.05, 0) is 66.4 Å². The molecule has 190 valence electrons. The maximum Gasteiger partial charge on any atom is 0.341 e. The molecule has 0 spiro atoms. The number of Topliss-reactive ketones (excluding diaryl/α,β-unsaturated/α-hetero) is 1. The van der Waals surface area contributed by atoms with Crippen molar-refractivity contribution in [3.63, 3.8) is 0 Å². The highest BCUT2D eigenvalue weighted by Crippen LogP contribution is 2.42. The van der Waals surface area contributed by atoms with E-state index in [0.29, 0.717) is 6.42 Å². The van der Waals surface area contributed by atoms with Crippen LogP contribution in [0.1, 0.15) is 67.2 Å². The van der Waals surface area contributed by atoms with E-state index >= 15 is 0 Å². The lowest BCUT2D eigenvalue weighted by Crippen LogP contribution is -2.54. The van der Waals surface area contributed by atoms with E-state index in [-0.39, 0.29) is 25.0 Å². The van der Waals surface area contributed by atoms with Gasteiger partial charge in [0.25, 0.3) is 0 Å². The van der Waals surface area contributed by atoms with Crippen molar-refractivity contribution in [3.05, 3.63) is 34.4 Å². The highest BCUT2D eigenvalue weighted by molar-refractivity contribution is 6.26. The topological polar surface area (TPSA) is 116 Å². The smallest absolute Gasteiger partial charge is 0.341 e. The Bertz CT molecular complexity index is 896. The first-order chi connectivity index (χ1) is 15.7. The van der Waals surface area contributed by atoms with E-state index in [4.69, 9.17) is 14.2 Å². The molecule has 0 unspecified atom stereocenters. The molecule has 1 rings (SSSR count). The van der Waals surface area contributed by atoms with Gasteiger partial charge in [-0.3, -0.25) is 14.4 Å². The average molecular weight is 479 g/mol. The van der Waals surface area contributed by atoms with E-state index < -0.39 is 46.2 Å². The van der Waals surface area contributed by atoms with Crippen LogP contribution in [0.5, 0.6) is 0 Å². The van der Waals surface area contributed by atoms with Gasteiger partial charge >= 0.3 is 17.9 Å². The van der Waals surface area contributed by atoms with Crippen molar-refractivity contribution in [1.82, 2.24) is 0 Å². The summed E-state index contributed by atoms with van der Waals surface area (Å²) >= 11 is 0. The van der Waals surface area contributed by atoms with Crippen LogP contribution in [0.15, 0.2) is 34.4 Å². The van der Waals surface area contributed by atoms with Gasteiger partial charge in [0.1, 0.15) is 12.2 Å². The molecule has 1 aliphatic rings. The van der Waals surface area contributed by atoms with Crippen LogP contribution >= 0.6 is 0 Å². The minimum atomic E-state index is -2.01. The summed E-state index contributed by atoms with van der Waals surface area (Å²) in [7, 11) is 2.23. The van der Waals surface area contributed by atoms with E-state index in [1.807, 2.05) is 20.8 Å². The Balaban J connectivity index is 3.42. The molecule has 34 heavy (non-hydrogen) atoms. The number of hydrogen-bond acceptors (Lipinski definition) is 8. The second kappa shape index (κ2) is 12.1. The maximum absolute atomic E-state index is 13.6. The number of methoxy groups -OCH3 is 2. The molecule has 0 saturated carbocycles. The minimum absolute atomic E-state index is 0.103. The van der Waals surface area contributed by atoms with E-state index in [0.717, 1.165) is 26.2 Å². The lowest BCUT2D eigenvalue weighted by molar-refractivity contribution is -0.167. The molecular weight excluding hydrogens is 440 g/mol. The number of allylic oxidation sites excluding steroid dienone is 4. The summed E-state index contributed by atoms with van der Waals surface area (Å²) in [6, 6.07) is 0. The summed E-state index contributed by atoms with van der Waals surface area (Å²) in [5.41, 5.74) is -0.986. The second-order valence-electron chi connectivity index (χ2n) is 9.88. The molecular formula is C26H38O8. The van der Waals surface area contributed by atoms with Gasteiger partial charge in [-0.1, -0.05) is 23.3 Å². The summed E-state index contributed by atoms with van der Waals surface area (Å²) in [4.78, 5) is 51.3. The number of rotatable bonds is 9. The van der Waals surface area contributed by atoms with Crippen LogP contribution in [0, 0.1) is 10.8 Å². The van der Waals surface area contributed by atoms with Crippen LogP contribution in [0.4, 0.5) is 0 Å². The Hall–Kier alpha value is -2.74. The highest BCUT2D eigenvalue weighted by Gasteiger charge is 2.57. The van der Waals surface area contributed by atoms with Crippen molar-refractivity contribution in [2.24, 2.45) is 10.8 Å². The highest BCUT2D eigenvalue weighted by atomic mass is 16.5. The van der Waals surface area contributed by atoms with Crippen molar-refractivity contribution in [3.8, 4) is 0 Å². The first kappa shape index (κ1) is 29.3. The average Bonchev–Trinajstić information content (AvgIpc) is 2.75. The number of aliphatic hydroxyl groups excluding tert-OH is 1. The van der Waals surface area contributed by atoms with Gasteiger partial charge in [0.15, 0.2) is 11.2 Å². The van der Waals surface area contributed by atoms with Crippen molar-refractivity contribution < 1.29 is 38.5 Å². The fourth-order valence-electron chi connectivity index (χ4n) is 3.63. The van der Waals surface area contributed by atoms with Crippen LogP contribution in [-0.4, -0.2) is 55.7 Å². The number of carbonyl (C=O) groups is 4. The van der Waals surface area contributed by atoms with Crippen molar-refractivity contribution in [2.45, 2.75) is 73.3 Å². The Morgan fingerprint density at radius 3 is 2.21 bits per heavy atom. The molecule has 1 N–H and O–H groups in total. The van der Waals surface area contributed by atoms with E-state index in [1.54, 1.807) is 26.8 Å². The zero-order valence-electron chi connectivity index (χ0n) is 21.6. The first-order valence-corrected chi connectivity index (χ1v) is 11.3. The standard InChI is InChI=1S/C26H38O8/c1-16(2)10-9-11-17(3)12-13-26(24(31)33-8)19(27)14-18(15-34-23(30)25(4,5)6)20(21(26)28)22(29)32-7/h10,12,19,27H,9,11,13-15H2,1-8H3/b17-12+/t19-,26-/m1/s1. The molecule has 8 heteroatoms. The van der Waals surface area contributed by atoms with Crippen LogP contribution in [0.3, 0.4) is 0 Å². The van der Waals surface area contributed by atoms with Crippen LogP contribution in [0.2, 0.25) is 0 Å². The Morgan fingerprint density at radius 2 is 1.71 bits per heavy atom. The molecule has 0 heterocycles. The third-order valence-corrected chi connectivity index (χ3v) is 5.79. The molecule has 0 radical (unpaired) electrons. The predicted octanol–water partition coefficient (Wildman–Crippen LogP) is 3.62. The summed E-state index contributed by atoms with van der Waals surface area (Å²) in [6.45, 7) is 10.5. The molecule has 0 bridgehead atoms. The lowest BCUT2D eigenvalue weighted by atomic mass is 9.66. The van der Waals surface area contributed by atoms with Gasteiger partial charge < -0.3 is 19.3 Å². The van der Waals surface area contributed by atoms with E-state index in [2.05, 4.69) is 6.08 Å². The minimum Gasteiger partial charge on any atom is -0.468 e. The molecule has 0 aromatic carbocycles. The molecule has 2 atom stereocenters. The zero-order valence-corrected chi connectivity index (χ0v) is 21.6. The van der Waals surface area contributed by atoms with E-state index in [9.17, 15) is 24.3 Å². The predicted molar refractivity (Wildman–Crippen MR) is 127 cm³/mol. The summed E-state index contributed by atoms with van der Waals surface area (Å²) in [5, 5.41) is 11.0. The molecule has 0 aliphatic heterocycles. The van der Waals surface area contributed by atoms with Gasteiger partial charge in [-0.25, -0.2) is 4.79 Å². The second-order valence-corrected chi connectivity index (χ2v) is 9.88. The zero-order chi connectivity index (χ0) is 26.3. The first-order valence-electron chi connectivity index (χ1n) is 11.3. The Labute approximate surface area is 202 Å². The monoisotopic (exact) mass is 478 g/mol. The summed E-state index contributed by atoms with van der Waals surface area (Å²) in [6.07, 6.45) is 3.45. The van der Waals surface area contributed by atoms with Gasteiger partial charge in [-0.15, -0.1) is 0 Å². The largest absolute Gasteiger partial charge is 0.468 e. The third-order valence-electron chi connectivity index (χ3n) is 5.79. The summed E-state index contributed by atoms with van der Waals surface area (Å²) in [5.74, 6) is -3.34. The number of hydrogen-bond donors (Lipinski definition) is 1. The van der Waals surface area contributed by atoms with E-state index in [1.165, 1.54) is 5.57 Å². The molecule has 0 fully saturated rings. The Kier molecular flexibility index (Phi) is 10.4. The molecule has 0 amide bonds. The molecule has 0 aromatic rings. The van der Waals surface area contributed by atoms with Crippen molar-refractivity contribution in [2.75, 3.05) is 20.8 Å². The molecule has 1 aliphatic carbocycles. The van der Waals surface area contributed by atoms with Gasteiger partial charge in [0.2, 0.25) is 0 Å². The molecule has 0 aromatic heterocycles.